The third kappa shape index (κ3) is 4.28. The molecule has 0 saturated heterocycles. The van der Waals surface area contributed by atoms with Gasteiger partial charge in [-0.25, -0.2) is 9.18 Å². The number of carbonyl (C=O) groups is 1. The fraction of sp³-hybridized carbons (Fsp3) is 0.250. The van der Waals surface area contributed by atoms with E-state index >= 15 is 0 Å². The number of halogens is 1. The maximum Gasteiger partial charge on any atom is 0.328 e. The number of ether oxygens (including phenoxy) is 1. The normalized spacial score (nSPS) is 10.8. The molecule has 0 saturated carbocycles. The molecule has 0 unspecified atom stereocenters. The lowest BCUT2D eigenvalue weighted by atomic mass is 10.2. The Morgan fingerprint density at radius 1 is 1.14 bits per heavy atom. The number of carbonyl (C=O) groups excluding carboxylic acids is 1. The summed E-state index contributed by atoms with van der Waals surface area (Å²) < 4.78 is 20.2. The summed E-state index contributed by atoms with van der Waals surface area (Å²) >= 11 is 0. The second kappa shape index (κ2) is 8.51. The number of rotatable bonds is 7. The van der Waals surface area contributed by atoms with Gasteiger partial charge in [0.15, 0.2) is 11.6 Å². The Morgan fingerprint density at radius 2 is 1.86 bits per heavy atom. The predicted molar refractivity (Wildman–Crippen MR) is 103 cm³/mol. The number of aromatic amines is 1. The predicted octanol–water partition coefficient (Wildman–Crippen LogP) is 1.76. The van der Waals surface area contributed by atoms with Gasteiger partial charge in [-0.15, -0.1) is 0 Å². The molecule has 0 aliphatic heterocycles. The van der Waals surface area contributed by atoms with Gasteiger partial charge >= 0.3 is 5.69 Å². The largest absolute Gasteiger partial charge is 0.489 e. The molecule has 0 atom stereocenters. The van der Waals surface area contributed by atoms with E-state index < -0.39 is 17.1 Å². The van der Waals surface area contributed by atoms with Crippen LogP contribution in [0.3, 0.4) is 0 Å². The second-order valence-electron chi connectivity index (χ2n) is 6.27. The summed E-state index contributed by atoms with van der Waals surface area (Å²) in [5.74, 6) is -0.519. The van der Waals surface area contributed by atoms with Crippen LogP contribution < -0.4 is 16.0 Å². The van der Waals surface area contributed by atoms with Crippen molar-refractivity contribution in [3.63, 3.8) is 0 Å². The number of nitrogens with one attached hydrogen (secondary N) is 1. The number of H-pyrrole nitrogens is 1. The van der Waals surface area contributed by atoms with Crippen molar-refractivity contribution in [3.05, 3.63) is 75.2 Å². The van der Waals surface area contributed by atoms with Crippen LogP contribution in [0.25, 0.3) is 10.9 Å². The summed E-state index contributed by atoms with van der Waals surface area (Å²) in [6, 6.07) is 12.8. The zero-order valence-electron chi connectivity index (χ0n) is 15.4. The van der Waals surface area contributed by atoms with Crippen molar-refractivity contribution in [1.29, 1.82) is 0 Å². The van der Waals surface area contributed by atoms with Crippen LogP contribution in [-0.2, 0) is 11.3 Å². The van der Waals surface area contributed by atoms with Crippen LogP contribution in [-0.4, -0.2) is 40.6 Å². The molecule has 3 aromatic rings. The van der Waals surface area contributed by atoms with E-state index in [1.807, 2.05) is 0 Å². The van der Waals surface area contributed by atoms with E-state index in [4.69, 9.17) is 4.74 Å². The van der Waals surface area contributed by atoms with Crippen LogP contribution in [0.15, 0.2) is 58.1 Å². The van der Waals surface area contributed by atoms with E-state index in [0.717, 1.165) is 0 Å². The highest BCUT2D eigenvalue weighted by Gasteiger charge is 2.12. The zero-order chi connectivity index (χ0) is 20.1. The number of benzene rings is 2. The van der Waals surface area contributed by atoms with E-state index in [2.05, 4.69) is 4.98 Å². The first-order chi connectivity index (χ1) is 13.5. The number of aromatic nitrogens is 2. The van der Waals surface area contributed by atoms with E-state index in [-0.39, 0.29) is 37.8 Å². The molecule has 1 heterocycles. The minimum absolute atomic E-state index is 0.0755. The molecular formula is C20H20FN3O4. The monoisotopic (exact) mass is 385 g/mol. The highest BCUT2D eigenvalue weighted by Crippen LogP contribution is 2.15. The number of amides is 1. The minimum Gasteiger partial charge on any atom is -0.489 e. The first-order valence-corrected chi connectivity index (χ1v) is 8.80. The molecule has 1 aromatic heterocycles. The molecule has 8 heteroatoms. The van der Waals surface area contributed by atoms with Crippen molar-refractivity contribution >= 4 is 16.8 Å². The van der Waals surface area contributed by atoms with Crippen molar-refractivity contribution in [1.82, 2.24) is 14.5 Å². The molecule has 146 valence electrons. The van der Waals surface area contributed by atoms with Crippen molar-refractivity contribution in [2.75, 3.05) is 20.2 Å². The molecule has 0 aliphatic rings. The van der Waals surface area contributed by atoms with Crippen molar-refractivity contribution in [2.24, 2.45) is 0 Å². The number of hydrogen-bond donors (Lipinski definition) is 1. The smallest absolute Gasteiger partial charge is 0.328 e. The molecule has 7 nitrogen and oxygen atoms in total. The van der Waals surface area contributed by atoms with Gasteiger partial charge in [-0.05, 0) is 24.3 Å². The SMILES string of the molecule is CN(CCOc1ccccc1F)C(=O)CCn1c(=O)[nH]c(=O)c2ccccc21. The Bertz CT molecular complexity index is 1110. The molecule has 3 rings (SSSR count). The van der Waals surface area contributed by atoms with Gasteiger partial charge in [-0.3, -0.25) is 19.1 Å². The van der Waals surface area contributed by atoms with Gasteiger partial charge in [0.05, 0.1) is 17.4 Å². The first-order valence-electron chi connectivity index (χ1n) is 8.80. The maximum atomic E-state index is 13.5. The van der Waals surface area contributed by atoms with Crippen LogP contribution in [0.2, 0.25) is 0 Å². The van der Waals surface area contributed by atoms with E-state index in [9.17, 15) is 18.8 Å². The number of hydrogen-bond acceptors (Lipinski definition) is 4. The van der Waals surface area contributed by atoms with Gasteiger partial charge < -0.3 is 9.64 Å². The number of para-hydroxylation sites is 2. The van der Waals surface area contributed by atoms with Crippen LogP contribution in [0, 0.1) is 5.82 Å². The Morgan fingerprint density at radius 3 is 2.64 bits per heavy atom. The van der Waals surface area contributed by atoms with Crippen LogP contribution in [0.4, 0.5) is 4.39 Å². The van der Waals surface area contributed by atoms with Gasteiger partial charge in [0.25, 0.3) is 5.56 Å². The van der Waals surface area contributed by atoms with Gasteiger partial charge in [-0.2, -0.15) is 0 Å². The van der Waals surface area contributed by atoms with Crippen molar-refractivity contribution in [2.45, 2.75) is 13.0 Å². The summed E-state index contributed by atoms with van der Waals surface area (Å²) in [4.78, 5) is 40.1. The van der Waals surface area contributed by atoms with E-state index in [1.165, 1.54) is 21.6 Å². The number of likely N-dealkylation sites (N-methyl/N-ethyl adjacent to an activating group) is 1. The molecule has 0 radical (unpaired) electrons. The third-order valence-electron chi connectivity index (χ3n) is 4.40. The maximum absolute atomic E-state index is 13.5. The number of fused-ring (bicyclic) bond motifs is 1. The van der Waals surface area contributed by atoms with E-state index in [0.29, 0.717) is 10.9 Å². The molecule has 0 bridgehead atoms. The molecule has 1 amide bonds. The van der Waals surface area contributed by atoms with Gasteiger partial charge in [0.2, 0.25) is 5.91 Å². The fourth-order valence-electron chi connectivity index (χ4n) is 2.84. The minimum atomic E-state index is -0.554. The molecule has 2 aromatic carbocycles. The Labute approximate surface area is 160 Å². The van der Waals surface area contributed by atoms with Crippen LogP contribution in [0.1, 0.15) is 6.42 Å². The Balaban J connectivity index is 1.60. The zero-order valence-corrected chi connectivity index (χ0v) is 15.4. The lowest BCUT2D eigenvalue weighted by molar-refractivity contribution is -0.130. The second-order valence-corrected chi connectivity index (χ2v) is 6.27. The Kier molecular flexibility index (Phi) is 5.88. The summed E-state index contributed by atoms with van der Waals surface area (Å²) in [7, 11) is 1.61. The molecular weight excluding hydrogens is 365 g/mol. The lowest BCUT2D eigenvalue weighted by Gasteiger charge is -2.18. The standard InChI is InChI=1S/C20H20FN3O4/c1-23(12-13-28-17-9-5-3-7-15(17)21)18(25)10-11-24-16-8-4-2-6-14(16)19(26)22-20(24)27/h2-9H,10-13H2,1H3,(H,22,26,27). The molecule has 0 fully saturated rings. The van der Waals surface area contributed by atoms with E-state index in [1.54, 1.807) is 43.4 Å². The summed E-state index contributed by atoms with van der Waals surface area (Å²) in [5, 5.41) is 0.390. The van der Waals surface area contributed by atoms with Crippen molar-refractivity contribution in [3.8, 4) is 5.75 Å². The van der Waals surface area contributed by atoms with Gasteiger partial charge in [0, 0.05) is 20.0 Å². The molecule has 0 aliphatic carbocycles. The lowest BCUT2D eigenvalue weighted by Crippen LogP contribution is -2.34. The summed E-state index contributed by atoms with van der Waals surface area (Å²) in [6.07, 6.45) is 0.0755. The van der Waals surface area contributed by atoms with Crippen LogP contribution in [0.5, 0.6) is 5.75 Å². The molecule has 28 heavy (non-hydrogen) atoms. The van der Waals surface area contributed by atoms with Crippen molar-refractivity contribution < 1.29 is 13.9 Å². The average molecular weight is 385 g/mol. The molecule has 1 N–H and O–H groups in total. The molecule has 0 spiro atoms. The summed E-state index contributed by atoms with van der Waals surface area (Å²) in [5.41, 5.74) is -0.526. The highest BCUT2D eigenvalue weighted by molar-refractivity contribution is 5.78. The topological polar surface area (TPSA) is 84.4 Å². The Hall–Kier alpha value is -3.42. The van der Waals surface area contributed by atoms with Gasteiger partial charge in [0.1, 0.15) is 6.61 Å². The third-order valence-corrected chi connectivity index (χ3v) is 4.40. The first kappa shape index (κ1) is 19.3. The highest BCUT2D eigenvalue weighted by atomic mass is 19.1. The number of nitrogens with zero attached hydrogens (tertiary/aromatic N) is 2. The fourth-order valence-corrected chi connectivity index (χ4v) is 2.84. The quantitative estimate of drug-likeness (QED) is 0.672. The van der Waals surface area contributed by atoms with Gasteiger partial charge in [-0.1, -0.05) is 24.3 Å². The average Bonchev–Trinajstić information content (AvgIpc) is 2.69. The summed E-state index contributed by atoms with van der Waals surface area (Å²) in [6.45, 7) is 0.548. The van der Waals surface area contributed by atoms with Crippen LogP contribution >= 0.6 is 0 Å². The number of aryl methyl sites for hydroxylation is 1.